The highest BCUT2D eigenvalue weighted by Gasteiger charge is 2.34. The highest BCUT2D eigenvalue weighted by atomic mass is 16.5. The SMILES string of the molecule is CNc1cc(N2CC3CCC(C2)O3)nc(N)n1. The van der Waals surface area contributed by atoms with Crippen LogP contribution in [0.15, 0.2) is 6.07 Å². The maximum absolute atomic E-state index is 5.80. The van der Waals surface area contributed by atoms with Crippen LogP contribution in [0.3, 0.4) is 0 Å². The van der Waals surface area contributed by atoms with E-state index in [0.717, 1.165) is 37.6 Å². The third-order valence-corrected chi connectivity index (χ3v) is 3.35. The number of rotatable bonds is 2. The smallest absolute Gasteiger partial charge is 0.223 e. The molecule has 0 aromatic carbocycles. The number of nitrogen functional groups attached to an aromatic ring is 1. The van der Waals surface area contributed by atoms with Crippen molar-refractivity contribution >= 4 is 17.6 Å². The molecule has 92 valence electrons. The van der Waals surface area contributed by atoms with Crippen molar-refractivity contribution < 1.29 is 4.74 Å². The van der Waals surface area contributed by atoms with Gasteiger partial charge >= 0.3 is 0 Å². The summed E-state index contributed by atoms with van der Waals surface area (Å²) < 4.78 is 5.80. The van der Waals surface area contributed by atoms with Gasteiger partial charge in [0.05, 0.1) is 12.2 Å². The first-order valence-corrected chi connectivity index (χ1v) is 5.97. The van der Waals surface area contributed by atoms with Crippen LogP contribution in [0.5, 0.6) is 0 Å². The average Bonchev–Trinajstić information content (AvgIpc) is 2.67. The first kappa shape index (κ1) is 10.6. The first-order valence-electron chi connectivity index (χ1n) is 5.97. The third-order valence-electron chi connectivity index (χ3n) is 3.35. The van der Waals surface area contributed by atoms with E-state index in [9.17, 15) is 0 Å². The maximum atomic E-state index is 5.80. The Bertz CT molecular complexity index is 412. The molecule has 6 nitrogen and oxygen atoms in total. The standard InChI is InChI=1S/C11H17N5O/c1-13-9-4-10(15-11(12)14-9)16-5-7-2-3-8(6-16)17-7/h4,7-8H,2-3,5-6H2,1H3,(H3,12,13,14,15). The number of hydrogen-bond acceptors (Lipinski definition) is 6. The van der Waals surface area contributed by atoms with Gasteiger partial charge < -0.3 is 20.7 Å². The Morgan fingerprint density at radius 2 is 2.06 bits per heavy atom. The molecule has 2 atom stereocenters. The van der Waals surface area contributed by atoms with Crippen LogP contribution >= 0.6 is 0 Å². The van der Waals surface area contributed by atoms with Crippen LogP contribution in [0.2, 0.25) is 0 Å². The molecule has 2 bridgehead atoms. The van der Waals surface area contributed by atoms with Gasteiger partial charge in [0, 0.05) is 26.2 Å². The number of ether oxygens (including phenoxy) is 1. The summed E-state index contributed by atoms with van der Waals surface area (Å²) in [5.74, 6) is 1.96. The number of anilines is 3. The third kappa shape index (κ3) is 2.00. The number of nitrogens with zero attached hydrogens (tertiary/aromatic N) is 3. The molecule has 2 fully saturated rings. The number of morpholine rings is 1. The highest BCUT2D eigenvalue weighted by Crippen LogP contribution is 2.29. The summed E-state index contributed by atoms with van der Waals surface area (Å²) in [7, 11) is 1.83. The van der Waals surface area contributed by atoms with Gasteiger partial charge in [-0.1, -0.05) is 0 Å². The first-order chi connectivity index (χ1) is 8.24. The summed E-state index contributed by atoms with van der Waals surface area (Å²) in [5.41, 5.74) is 5.71. The Morgan fingerprint density at radius 1 is 1.35 bits per heavy atom. The molecule has 3 N–H and O–H groups in total. The van der Waals surface area contributed by atoms with Crippen molar-refractivity contribution in [1.82, 2.24) is 9.97 Å². The molecule has 3 heterocycles. The van der Waals surface area contributed by atoms with E-state index in [1.807, 2.05) is 13.1 Å². The van der Waals surface area contributed by atoms with Gasteiger partial charge in [-0.2, -0.15) is 9.97 Å². The van der Waals surface area contributed by atoms with E-state index in [1.165, 1.54) is 0 Å². The molecule has 0 radical (unpaired) electrons. The molecular weight excluding hydrogens is 218 g/mol. The van der Waals surface area contributed by atoms with E-state index in [4.69, 9.17) is 10.5 Å². The normalized spacial score (nSPS) is 27.2. The van der Waals surface area contributed by atoms with Crippen molar-refractivity contribution in [2.75, 3.05) is 36.1 Å². The second-order valence-corrected chi connectivity index (χ2v) is 4.58. The van der Waals surface area contributed by atoms with Crippen molar-refractivity contribution in [2.24, 2.45) is 0 Å². The molecule has 0 amide bonds. The van der Waals surface area contributed by atoms with Crippen LogP contribution in [0.4, 0.5) is 17.6 Å². The zero-order valence-electron chi connectivity index (χ0n) is 9.89. The predicted molar refractivity (Wildman–Crippen MR) is 66.1 cm³/mol. The van der Waals surface area contributed by atoms with Crippen molar-refractivity contribution in [3.05, 3.63) is 6.07 Å². The Morgan fingerprint density at radius 3 is 2.71 bits per heavy atom. The van der Waals surface area contributed by atoms with Crippen LogP contribution in [0.25, 0.3) is 0 Å². The van der Waals surface area contributed by atoms with Gasteiger partial charge in [0.15, 0.2) is 0 Å². The quantitative estimate of drug-likeness (QED) is 0.776. The topological polar surface area (TPSA) is 76.3 Å². The van der Waals surface area contributed by atoms with Gasteiger partial charge in [-0.15, -0.1) is 0 Å². The Labute approximate surface area is 100 Å². The molecular formula is C11H17N5O. The van der Waals surface area contributed by atoms with E-state index in [1.54, 1.807) is 0 Å². The summed E-state index contributed by atoms with van der Waals surface area (Å²) in [5, 5.41) is 3.00. The summed E-state index contributed by atoms with van der Waals surface area (Å²) in [4.78, 5) is 10.6. The second kappa shape index (κ2) is 4.03. The lowest BCUT2D eigenvalue weighted by molar-refractivity contribution is 0.0302. The van der Waals surface area contributed by atoms with E-state index in [2.05, 4.69) is 20.2 Å². The Kier molecular flexibility index (Phi) is 2.51. The molecule has 2 aliphatic heterocycles. The monoisotopic (exact) mass is 235 g/mol. The zero-order valence-corrected chi connectivity index (χ0v) is 9.89. The van der Waals surface area contributed by atoms with Crippen molar-refractivity contribution in [3.8, 4) is 0 Å². The summed E-state index contributed by atoms with van der Waals surface area (Å²) >= 11 is 0. The number of nitrogens with one attached hydrogen (secondary N) is 1. The lowest BCUT2D eigenvalue weighted by Gasteiger charge is -2.33. The van der Waals surface area contributed by atoms with Crippen LogP contribution in [-0.4, -0.2) is 42.3 Å². The summed E-state index contributed by atoms with van der Waals surface area (Å²) in [6.07, 6.45) is 3.01. The lowest BCUT2D eigenvalue weighted by Crippen LogP contribution is -2.43. The van der Waals surface area contributed by atoms with Gasteiger partial charge in [0.25, 0.3) is 0 Å². The maximum Gasteiger partial charge on any atom is 0.223 e. The number of hydrogen-bond donors (Lipinski definition) is 2. The minimum absolute atomic E-state index is 0.311. The zero-order chi connectivity index (χ0) is 11.8. The minimum atomic E-state index is 0.311. The number of aromatic nitrogens is 2. The molecule has 17 heavy (non-hydrogen) atoms. The van der Waals surface area contributed by atoms with Gasteiger partial charge in [0.1, 0.15) is 11.6 Å². The molecule has 1 aromatic rings. The fourth-order valence-corrected chi connectivity index (χ4v) is 2.54. The molecule has 6 heteroatoms. The molecule has 2 saturated heterocycles. The molecule has 0 saturated carbocycles. The summed E-state index contributed by atoms with van der Waals surface area (Å²) in [6, 6.07) is 1.93. The molecule has 0 spiro atoms. The average molecular weight is 235 g/mol. The van der Waals surface area contributed by atoms with Crippen molar-refractivity contribution in [2.45, 2.75) is 25.0 Å². The van der Waals surface area contributed by atoms with Gasteiger partial charge in [-0.3, -0.25) is 0 Å². The molecule has 0 aliphatic carbocycles. The van der Waals surface area contributed by atoms with Crippen LogP contribution in [0, 0.1) is 0 Å². The fraction of sp³-hybridized carbons (Fsp3) is 0.636. The van der Waals surface area contributed by atoms with E-state index < -0.39 is 0 Å². The molecule has 3 rings (SSSR count). The van der Waals surface area contributed by atoms with Gasteiger partial charge in [-0.25, -0.2) is 0 Å². The van der Waals surface area contributed by atoms with E-state index >= 15 is 0 Å². The molecule has 2 aliphatic rings. The van der Waals surface area contributed by atoms with Gasteiger partial charge in [0.2, 0.25) is 5.95 Å². The van der Waals surface area contributed by atoms with Crippen molar-refractivity contribution in [3.63, 3.8) is 0 Å². The Hall–Kier alpha value is -1.56. The fourth-order valence-electron chi connectivity index (χ4n) is 2.54. The molecule has 2 unspecified atom stereocenters. The lowest BCUT2D eigenvalue weighted by atomic mass is 10.2. The van der Waals surface area contributed by atoms with Crippen molar-refractivity contribution in [1.29, 1.82) is 0 Å². The predicted octanol–water partition coefficient (Wildman–Crippen LogP) is 0.468. The Balaban J connectivity index is 1.86. The van der Waals surface area contributed by atoms with Crippen LogP contribution in [-0.2, 0) is 4.74 Å². The summed E-state index contributed by atoms with van der Waals surface area (Å²) in [6.45, 7) is 1.80. The number of fused-ring (bicyclic) bond motifs is 2. The van der Waals surface area contributed by atoms with E-state index in [0.29, 0.717) is 18.2 Å². The van der Waals surface area contributed by atoms with Crippen LogP contribution < -0.4 is 16.0 Å². The second-order valence-electron chi connectivity index (χ2n) is 4.58. The van der Waals surface area contributed by atoms with Crippen LogP contribution in [0.1, 0.15) is 12.8 Å². The van der Waals surface area contributed by atoms with Gasteiger partial charge in [-0.05, 0) is 12.8 Å². The molecule has 1 aromatic heterocycles. The number of nitrogens with two attached hydrogens (primary N) is 1. The minimum Gasteiger partial charge on any atom is -0.373 e. The largest absolute Gasteiger partial charge is 0.373 e. The highest BCUT2D eigenvalue weighted by molar-refractivity contribution is 5.52. The van der Waals surface area contributed by atoms with E-state index in [-0.39, 0.29) is 0 Å².